The predicted molar refractivity (Wildman–Crippen MR) is 76.3 cm³/mol. The lowest BCUT2D eigenvalue weighted by Gasteiger charge is -2.07. The molecule has 0 amide bonds. The van der Waals surface area contributed by atoms with Crippen molar-refractivity contribution in [3.05, 3.63) is 67.3 Å². The summed E-state index contributed by atoms with van der Waals surface area (Å²) in [5, 5.41) is 24.7. The number of pyridine rings is 1. The fourth-order valence-corrected chi connectivity index (χ4v) is 1.87. The van der Waals surface area contributed by atoms with Crippen LogP contribution in [0.5, 0.6) is 0 Å². The van der Waals surface area contributed by atoms with Gasteiger partial charge in [-0.15, -0.1) is 0 Å². The highest BCUT2D eigenvalue weighted by Gasteiger charge is 2.17. The van der Waals surface area contributed by atoms with Gasteiger partial charge in [0, 0.05) is 30.4 Å². The summed E-state index contributed by atoms with van der Waals surface area (Å²) in [4.78, 5) is 24.5. The molecule has 0 radical (unpaired) electrons. The Balaban J connectivity index is 2.25. The lowest BCUT2D eigenvalue weighted by atomic mass is 10.2. The molecule has 2 aromatic rings. The largest absolute Gasteiger partial charge is 0.360 e. The van der Waals surface area contributed by atoms with Crippen molar-refractivity contribution in [3.8, 4) is 0 Å². The van der Waals surface area contributed by atoms with Crippen molar-refractivity contribution < 1.29 is 9.85 Å². The third kappa shape index (κ3) is 3.42. The number of nitro groups is 2. The second kappa shape index (κ2) is 6.14. The number of hydrogen-bond donors (Lipinski definition) is 1. The van der Waals surface area contributed by atoms with E-state index >= 15 is 0 Å². The summed E-state index contributed by atoms with van der Waals surface area (Å²) in [5.41, 5.74) is 0.0382. The molecule has 1 heterocycles. The Kier molecular flexibility index (Phi) is 4.29. The lowest BCUT2D eigenvalue weighted by Crippen LogP contribution is -2.06. The molecule has 0 saturated heterocycles. The van der Waals surface area contributed by atoms with Gasteiger partial charge in [-0.05, 0) is 0 Å². The van der Waals surface area contributed by atoms with Crippen LogP contribution in [0.1, 0.15) is 5.56 Å². The molecule has 0 saturated carbocycles. The van der Waals surface area contributed by atoms with Gasteiger partial charge >= 0.3 is 5.69 Å². The van der Waals surface area contributed by atoms with Crippen molar-refractivity contribution in [3.63, 3.8) is 0 Å². The molecule has 0 aliphatic carbocycles. The van der Waals surface area contributed by atoms with Crippen molar-refractivity contribution in [2.45, 2.75) is 6.54 Å². The van der Waals surface area contributed by atoms with Gasteiger partial charge in [-0.1, -0.05) is 29.8 Å². The second-order valence-corrected chi connectivity index (χ2v) is 4.45. The molecule has 0 bridgehead atoms. The Morgan fingerprint density at radius 3 is 2.48 bits per heavy atom. The zero-order valence-corrected chi connectivity index (χ0v) is 11.3. The van der Waals surface area contributed by atoms with Gasteiger partial charge in [-0.25, -0.2) is 4.98 Å². The van der Waals surface area contributed by atoms with Gasteiger partial charge in [0.15, 0.2) is 0 Å². The molecular weight excluding hydrogens is 300 g/mol. The molecule has 0 atom stereocenters. The van der Waals surface area contributed by atoms with Crippen LogP contribution in [0.25, 0.3) is 0 Å². The maximum atomic E-state index is 10.9. The number of halogens is 1. The van der Waals surface area contributed by atoms with E-state index in [4.69, 9.17) is 11.6 Å². The van der Waals surface area contributed by atoms with Gasteiger partial charge in [0.1, 0.15) is 0 Å². The number of rotatable bonds is 5. The first-order valence-electron chi connectivity index (χ1n) is 5.75. The van der Waals surface area contributed by atoms with Gasteiger partial charge in [-0.3, -0.25) is 20.2 Å². The van der Waals surface area contributed by atoms with Crippen LogP contribution in [0, 0.1) is 20.2 Å². The fourth-order valence-electron chi connectivity index (χ4n) is 1.72. The van der Waals surface area contributed by atoms with Crippen molar-refractivity contribution in [1.29, 1.82) is 0 Å². The number of nitrogens with zero attached hydrogens (tertiary/aromatic N) is 3. The van der Waals surface area contributed by atoms with E-state index in [9.17, 15) is 20.2 Å². The number of nitro benzene ring substituents is 1. The van der Waals surface area contributed by atoms with Crippen LogP contribution in [0.3, 0.4) is 0 Å². The minimum absolute atomic E-state index is 0.00236. The van der Waals surface area contributed by atoms with Gasteiger partial charge in [0.05, 0.1) is 14.9 Å². The summed E-state index contributed by atoms with van der Waals surface area (Å²) in [6.07, 6.45) is 1.26. The number of nitrogens with one attached hydrogen (secondary N) is 1. The molecule has 8 nitrogen and oxygen atoms in total. The summed E-state index contributed by atoms with van der Waals surface area (Å²) in [7, 11) is 0. The lowest BCUT2D eigenvalue weighted by molar-refractivity contribution is -0.385. The quantitative estimate of drug-likeness (QED) is 0.670. The van der Waals surface area contributed by atoms with E-state index in [2.05, 4.69) is 10.3 Å². The van der Waals surface area contributed by atoms with E-state index in [1.807, 2.05) is 0 Å². The first-order valence-corrected chi connectivity index (χ1v) is 6.13. The van der Waals surface area contributed by atoms with Crippen LogP contribution in [-0.2, 0) is 6.54 Å². The number of aromatic nitrogens is 1. The average molecular weight is 309 g/mol. The topological polar surface area (TPSA) is 111 Å². The van der Waals surface area contributed by atoms with Gasteiger partial charge < -0.3 is 5.32 Å². The van der Waals surface area contributed by atoms with Gasteiger partial charge in [-0.2, -0.15) is 0 Å². The van der Waals surface area contributed by atoms with E-state index < -0.39 is 9.85 Å². The smallest absolute Gasteiger partial charge is 0.312 e. The highest BCUT2D eigenvalue weighted by atomic mass is 35.5. The van der Waals surface area contributed by atoms with Crippen molar-refractivity contribution in [2.75, 3.05) is 5.32 Å². The summed E-state index contributed by atoms with van der Waals surface area (Å²) in [6.45, 7) is 0.0344. The highest BCUT2D eigenvalue weighted by molar-refractivity contribution is 6.30. The molecule has 1 aromatic carbocycles. The third-order valence-corrected chi connectivity index (χ3v) is 2.87. The van der Waals surface area contributed by atoms with Crippen LogP contribution < -0.4 is 5.32 Å². The zero-order valence-electron chi connectivity index (χ0n) is 10.5. The third-order valence-electron chi connectivity index (χ3n) is 2.67. The van der Waals surface area contributed by atoms with Gasteiger partial charge in [0.2, 0.25) is 5.82 Å². The molecule has 0 spiro atoms. The normalized spacial score (nSPS) is 10.1. The summed E-state index contributed by atoms with van der Waals surface area (Å²) < 4.78 is 0. The number of anilines is 1. The fraction of sp³-hybridized carbons (Fsp3) is 0.0833. The predicted octanol–water partition coefficient (Wildman–Crippen LogP) is 3.16. The van der Waals surface area contributed by atoms with Crippen molar-refractivity contribution in [1.82, 2.24) is 4.98 Å². The molecule has 0 aliphatic heterocycles. The van der Waals surface area contributed by atoms with Crippen LogP contribution >= 0.6 is 11.6 Å². The highest BCUT2D eigenvalue weighted by Crippen LogP contribution is 2.26. The number of para-hydroxylation sites is 1. The number of benzene rings is 1. The Morgan fingerprint density at radius 1 is 1.14 bits per heavy atom. The molecule has 9 heteroatoms. The minimum atomic E-state index is -0.624. The van der Waals surface area contributed by atoms with E-state index in [-0.39, 0.29) is 28.8 Å². The Bertz CT molecular complexity index is 707. The summed E-state index contributed by atoms with van der Waals surface area (Å²) in [5.74, 6) is 0.00236. The molecule has 1 N–H and O–H groups in total. The molecule has 0 unspecified atom stereocenters. The maximum Gasteiger partial charge on any atom is 0.312 e. The molecule has 2 rings (SSSR count). The Morgan fingerprint density at radius 2 is 1.81 bits per heavy atom. The molecular formula is C12H9ClN4O4. The average Bonchev–Trinajstić information content (AvgIpc) is 2.46. The molecule has 21 heavy (non-hydrogen) atoms. The van der Waals surface area contributed by atoms with Gasteiger partial charge in [0.25, 0.3) is 5.69 Å². The molecule has 0 fully saturated rings. The monoisotopic (exact) mass is 308 g/mol. The summed E-state index contributed by atoms with van der Waals surface area (Å²) in [6, 6.07) is 7.28. The number of hydrogen-bond acceptors (Lipinski definition) is 6. The van der Waals surface area contributed by atoms with Crippen LogP contribution in [0.4, 0.5) is 17.2 Å². The molecule has 1 aromatic heterocycles. The first kappa shape index (κ1) is 14.7. The molecule has 108 valence electrons. The summed E-state index contributed by atoms with van der Waals surface area (Å²) >= 11 is 5.66. The zero-order chi connectivity index (χ0) is 15.4. The standard InChI is InChI=1S/C12H9ClN4O4/c13-9-5-11(17(20)21)12(15-7-9)14-6-8-3-1-2-4-10(8)16(18)19/h1-5,7H,6H2,(H,14,15). The van der Waals surface area contributed by atoms with Crippen LogP contribution in [0.15, 0.2) is 36.5 Å². The van der Waals surface area contributed by atoms with E-state index in [1.54, 1.807) is 18.2 Å². The van der Waals surface area contributed by atoms with Crippen molar-refractivity contribution in [2.24, 2.45) is 0 Å². The van der Waals surface area contributed by atoms with Crippen LogP contribution in [0.2, 0.25) is 5.02 Å². The SMILES string of the molecule is O=[N+]([O-])c1ccccc1CNc1ncc(Cl)cc1[N+](=O)[O-]. The van der Waals surface area contributed by atoms with E-state index in [0.29, 0.717) is 5.56 Å². The maximum absolute atomic E-state index is 10.9. The minimum Gasteiger partial charge on any atom is -0.360 e. The second-order valence-electron chi connectivity index (χ2n) is 4.02. The van der Waals surface area contributed by atoms with Crippen LogP contribution in [-0.4, -0.2) is 14.8 Å². The first-order chi connectivity index (χ1) is 9.99. The molecule has 0 aliphatic rings. The Labute approximate surface area is 123 Å². The van der Waals surface area contributed by atoms with Crippen molar-refractivity contribution >= 4 is 28.8 Å². The van der Waals surface area contributed by atoms with E-state index in [0.717, 1.165) is 6.07 Å². The Hall–Kier alpha value is -2.74. The van der Waals surface area contributed by atoms with E-state index in [1.165, 1.54) is 12.3 Å².